The Morgan fingerprint density at radius 3 is 2.79 bits per heavy atom. The van der Waals surface area contributed by atoms with Crippen molar-refractivity contribution in [2.75, 3.05) is 11.9 Å². The molecule has 6 heteroatoms. The van der Waals surface area contributed by atoms with Crippen molar-refractivity contribution in [2.24, 2.45) is 0 Å². The lowest BCUT2D eigenvalue weighted by atomic mass is 10.1. The third-order valence-corrected chi connectivity index (χ3v) is 4.64. The molecule has 142 valence electrons. The maximum absolute atomic E-state index is 13.0. The van der Waals surface area contributed by atoms with Gasteiger partial charge >= 0.3 is 5.97 Å². The number of ether oxygens (including phenoxy) is 1. The first kappa shape index (κ1) is 17.9. The molecule has 3 aromatic rings. The number of carbonyl (C=O) groups is 2. The van der Waals surface area contributed by atoms with Gasteiger partial charge in [-0.15, -0.1) is 0 Å². The number of esters is 1. The molecule has 1 amide bonds. The Balaban J connectivity index is 1.65. The quantitative estimate of drug-likeness (QED) is 0.652. The van der Waals surface area contributed by atoms with Gasteiger partial charge in [-0.05, 0) is 43.3 Å². The number of rotatable bonds is 6. The van der Waals surface area contributed by atoms with Crippen LogP contribution in [0.3, 0.4) is 0 Å². The number of fused-ring (bicyclic) bond motifs is 1. The van der Waals surface area contributed by atoms with E-state index in [9.17, 15) is 9.59 Å². The van der Waals surface area contributed by atoms with Crippen LogP contribution in [0, 0.1) is 0 Å². The van der Waals surface area contributed by atoms with Crippen molar-refractivity contribution < 1.29 is 18.7 Å². The first-order valence-corrected chi connectivity index (χ1v) is 9.13. The van der Waals surface area contributed by atoms with Crippen LogP contribution < -0.4 is 5.32 Å². The number of benzene rings is 2. The molecule has 1 aliphatic heterocycles. The summed E-state index contributed by atoms with van der Waals surface area (Å²) >= 11 is 0. The van der Waals surface area contributed by atoms with E-state index < -0.39 is 0 Å². The minimum atomic E-state index is -0.374. The number of nitrogens with zero attached hydrogens (tertiary/aromatic N) is 1. The van der Waals surface area contributed by atoms with E-state index in [1.54, 1.807) is 42.4 Å². The number of furan rings is 1. The minimum absolute atomic E-state index is 0.0638. The summed E-state index contributed by atoms with van der Waals surface area (Å²) in [7, 11) is 0. The molecule has 0 spiro atoms. The van der Waals surface area contributed by atoms with Crippen molar-refractivity contribution in [1.29, 1.82) is 0 Å². The van der Waals surface area contributed by atoms with Crippen molar-refractivity contribution in [3.63, 3.8) is 0 Å². The summed E-state index contributed by atoms with van der Waals surface area (Å²) in [6.07, 6.45) is 1.22. The number of hydrogen-bond acceptors (Lipinski definition) is 5. The van der Waals surface area contributed by atoms with Gasteiger partial charge in [0.1, 0.15) is 11.9 Å². The number of anilines is 1. The predicted octanol–water partition coefficient (Wildman–Crippen LogP) is 4.22. The molecule has 0 saturated heterocycles. The number of carbonyl (C=O) groups excluding carboxylic acids is 2. The fraction of sp³-hybridized carbons (Fsp3) is 0.182. The molecule has 0 unspecified atom stereocenters. The molecule has 2 heterocycles. The molecule has 0 radical (unpaired) electrons. The summed E-state index contributed by atoms with van der Waals surface area (Å²) in [6.45, 7) is 2.43. The van der Waals surface area contributed by atoms with Crippen LogP contribution in [0.15, 0.2) is 71.3 Å². The van der Waals surface area contributed by atoms with Gasteiger partial charge in [-0.1, -0.05) is 24.3 Å². The maximum Gasteiger partial charge on any atom is 0.338 e. The lowest BCUT2D eigenvalue weighted by Crippen LogP contribution is -2.31. The van der Waals surface area contributed by atoms with Crippen molar-refractivity contribution in [2.45, 2.75) is 19.6 Å². The van der Waals surface area contributed by atoms with Crippen molar-refractivity contribution in [3.8, 4) is 0 Å². The largest absolute Gasteiger partial charge is 0.467 e. The second-order valence-electron chi connectivity index (χ2n) is 6.45. The van der Waals surface area contributed by atoms with E-state index in [0.717, 1.165) is 11.3 Å². The smallest absolute Gasteiger partial charge is 0.338 e. The molecule has 1 N–H and O–H groups in total. The molecule has 0 saturated carbocycles. The molecule has 1 aromatic heterocycles. The molecular formula is C22H20N2O4. The van der Waals surface area contributed by atoms with Gasteiger partial charge in [0, 0.05) is 16.8 Å². The fourth-order valence-corrected chi connectivity index (χ4v) is 3.37. The Kier molecular flexibility index (Phi) is 4.85. The molecule has 1 aliphatic rings. The van der Waals surface area contributed by atoms with Crippen LogP contribution in [0.2, 0.25) is 0 Å². The monoisotopic (exact) mass is 376 g/mol. The Morgan fingerprint density at radius 2 is 2.00 bits per heavy atom. The molecule has 2 aromatic carbocycles. The van der Waals surface area contributed by atoms with Gasteiger partial charge in [0.25, 0.3) is 5.91 Å². The van der Waals surface area contributed by atoms with E-state index in [4.69, 9.17) is 9.15 Å². The SMILES string of the molecule is CCOC(=O)c1cccc(N[C@@H]2c3ccccc3C(=O)N2Cc2ccco2)c1. The van der Waals surface area contributed by atoms with E-state index in [-0.39, 0.29) is 18.0 Å². The fourth-order valence-electron chi connectivity index (χ4n) is 3.37. The van der Waals surface area contributed by atoms with E-state index in [1.807, 2.05) is 36.4 Å². The van der Waals surface area contributed by atoms with E-state index >= 15 is 0 Å². The van der Waals surface area contributed by atoms with Crippen LogP contribution in [0.1, 0.15) is 45.1 Å². The van der Waals surface area contributed by atoms with Crippen LogP contribution in [0.4, 0.5) is 5.69 Å². The molecule has 6 nitrogen and oxygen atoms in total. The second-order valence-corrected chi connectivity index (χ2v) is 6.45. The van der Waals surface area contributed by atoms with Crippen LogP contribution in [0.5, 0.6) is 0 Å². The zero-order valence-corrected chi connectivity index (χ0v) is 15.4. The van der Waals surface area contributed by atoms with E-state index in [1.165, 1.54) is 0 Å². The second kappa shape index (κ2) is 7.60. The van der Waals surface area contributed by atoms with Crippen LogP contribution in [0.25, 0.3) is 0 Å². The summed E-state index contributed by atoms with van der Waals surface area (Å²) in [5, 5.41) is 3.38. The standard InChI is InChI=1S/C22H20N2O4/c1-2-27-22(26)15-7-5-8-16(13-15)23-20-18-10-3-4-11-19(18)21(25)24(20)14-17-9-6-12-28-17/h3-13,20,23H,2,14H2,1H3/t20-/m0/s1. The lowest BCUT2D eigenvalue weighted by molar-refractivity contribution is 0.0526. The van der Waals surface area contributed by atoms with Crippen molar-refractivity contribution in [1.82, 2.24) is 4.90 Å². The maximum atomic E-state index is 13.0. The highest BCUT2D eigenvalue weighted by molar-refractivity contribution is 5.99. The van der Waals surface area contributed by atoms with Crippen LogP contribution in [-0.4, -0.2) is 23.4 Å². The Hall–Kier alpha value is -3.54. The molecule has 1 atom stereocenters. The van der Waals surface area contributed by atoms with Gasteiger partial charge < -0.3 is 19.4 Å². The predicted molar refractivity (Wildman–Crippen MR) is 104 cm³/mol. The summed E-state index contributed by atoms with van der Waals surface area (Å²) in [6, 6.07) is 18.2. The Bertz CT molecular complexity index is 997. The Morgan fingerprint density at radius 1 is 1.14 bits per heavy atom. The summed E-state index contributed by atoms with van der Waals surface area (Å²) < 4.78 is 10.5. The van der Waals surface area contributed by atoms with Gasteiger partial charge in [0.2, 0.25) is 0 Å². The zero-order chi connectivity index (χ0) is 19.5. The van der Waals surface area contributed by atoms with Gasteiger partial charge in [-0.25, -0.2) is 4.79 Å². The summed E-state index contributed by atoms with van der Waals surface area (Å²) in [4.78, 5) is 26.7. The summed E-state index contributed by atoms with van der Waals surface area (Å²) in [5.74, 6) is 0.265. The average molecular weight is 376 g/mol. The highest BCUT2D eigenvalue weighted by atomic mass is 16.5. The van der Waals surface area contributed by atoms with Gasteiger partial charge in [-0.3, -0.25) is 4.79 Å². The first-order valence-electron chi connectivity index (χ1n) is 9.13. The number of amides is 1. The molecule has 0 bridgehead atoms. The van der Waals surface area contributed by atoms with Crippen molar-refractivity contribution in [3.05, 3.63) is 89.4 Å². The van der Waals surface area contributed by atoms with E-state index in [0.29, 0.717) is 30.0 Å². The van der Waals surface area contributed by atoms with Gasteiger partial charge in [0.05, 0.1) is 25.0 Å². The average Bonchev–Trinajstić information content (AvgIpc) is 3.32. The third-order valence-electron chi connectivity index (χ3n) is 4.64. The molecule has 28 heavy (non-hydrogen) atoms. The van der Waals surface area contributed by atoms with Crippen molar-refractivity contribution >= 4 is 17.6 Å². The normalized spacial score (nSPS) is 15.4. The molecular weight excluding hydrogens is 356 g/mol. The van der Waals surface area contributed by atoms with Gasteiger partial charge in [-0.2, -0.15) is 0 Å². The minimum Gasteiger partial charge on any atom is -0.467 e. The lowest BCUT2D eigenvalue weighted by Gasteiger charge is -2.26. The molecule has 0 fully saturated rings. The topological polar surface area (TPSA) is 71.8 Å². The van der Waals surface area contributed by atoms with Crippen LogP contribution in [-0.2, 0) is 11.3 Å². The highest BCUT2D eigenvalue weighted by Gasteiger charge is 2.36. The third kappa shape index (κ3) is 3.36. The Labute approximate surface area is 162 Å². The number of hydrogen-bond donors (Lipinski definition) is 1. The molecule has 0 aliphatic carbocycles. The molecule has 4 rings (SSSR count). The van der Waals surface area contributed by atoms with Crippen LogP contribution >= 0.6 is 0 Å². The first-order chi connectivity index (χ1) is 13.7. The van der Waals surface area contributed by atoms with E-state index in [2.05, 4.69) is 5.32 Å². The number of nitrogens with one attached hydrogen (secondary N) is 1. The highest BCUT2D eigenvalue weighted by Crippen LogP contribution is 2.35. The zero-order valence-electron chi connectivity index (χ0n) is 15.4. The van der Waals surface area contributed by atoms with Gasteiger partial charge in [0.15, 0.2) is 0 Å². The summed E-state index contributed by atoms with van der Waals surface area (Å²) in [5.41, 5.74) is 2.74.